The highest BCUT2D eigenvalue weighted by molar-refractivity contribution is 14.2. The fraction of sp³-hybridized carbons (Fsp3) is 0.562. The minimum Gasteiger partial charge on any atom is -0.466 e. The fourth-order valence-electron chi connectivity index (χ4n) is 2.67. The van der Waals surface area contributed by atoms with Gasteiger partial charge in [-0.2, -0.15) is 0 Å². The van der Waals surface area contributed by atoms with E-state index in [0.717, 1.165) is 26.2 Å². The van der Waals surface area contributed by atoms with Crippen LogP contribution in [0.3, 0.4) is 0 Å². The summed E-state index contributed by atoms with van der Waals surface area (Å²) in [5.41, 5.74) is 2.58. The number of esters is 1. The van der Waals surface area contributed by atoms with Gasteiger partial charge in [-0.1, -0.05) is 29.8 Å². The number of hydrogen-bond donors (Lipinski definition) is 0. The number of nitrogens with zero attached hydrogens (tertiary/aromatic N) is 2. The summed E-state index contributed by atoms with van der Waals surface area (Å²) in [5.74, 6) is -0.0956. The van der Waals surface area contributed by atoms with E-state index < -0.39 is 0 Å². The SMILES string of the molecule is CCOC(=O)CC1CN(SI)CCN1Cc1ccc(C)cc1. The molecular weight excluding hydrogens is 411 g/mol. The van der Waals surface area contributed by atoms with Crippen LogP contribution in [0.2, 0.25) is 0 Å². The highest BCUT2D eigenvalue weighted by Gasteiger charge is 2.29. The molecule has 6 heteroatoms. The van der Waals surface area contributed by atoms with Gasteiger partial charge in [-0.15, -0.1) is 0 Å². The Bertz CT molecular complexity index is 484. The number of piperazine rings is 1. The van der Waals surface area contributed by atoms with Gasteiger partial charge in [0.1, 0.15) is 0 Å². The summed E-state index contributed by atoms with van der Waals surface area (Å²) in [6, 6.07) is 8.86. The molecule has 0 radical (unpaired) electrons. The van der Waals surface area contributed by atoms with Gasteiger partial charge in [-0.3, -0.25) is 9.69 Å². The quantitative estimate of drug-likeness (QED) is 0.389. The molecule has 1 aromatic carbocycles. The lowest BCUT2D eigenvalue weighted by molar-refractivity contribution is -0.145. The van der Waals surface area contributed by atoms with E-state index in [9.17, 15) is 4.79 Å². The van der Waals surface area contributed by atoms with E-state index in [1.165, 1.54) is 11.1 Å². The zero-order valence-corrected chi connectivity index (χ0v) is 16.1. The van der Waals surface area contributed by atoms with Crippen LogP contribution in [0.5, 0.6) is 0 Å². The van der Waals surface area contributed by atoms with Gasteiger partial charge in [0.2, 0.25) is 0 Å². The zero-order valence-electron chi connectivity index (χ0n) is 13.1. The monoisotopic (exact) mass is 434 g/mol. The molecule has 22 heavy (non-hydrogen) atoms. The Morgan fingerprint density at radius 3 is 2.73 bits per heavy atom. The Morgan fingerprint density at radius 2 is 2.09 bits per heavy atom. The standard InChI is InChI=1S/C16H23IN2O2S/c1-3-21-16(20)10-15-12-19(22-17)9-8-18(15)11-14-6-4-13(2)5-7-14/h4-7,15H,3,8-12H2,1-2H3. The summed E-state index contributed by atoms with van der Waals surface area (Å²) in [4.78, 5) is 14.3. The lowest BCUT2D eigenvalue weighted by atomic mass is 10.1. The van der Waals surface area contributed by atoms with Crippen LogP contribution in [0.1, 0.15) is 24.5 Å². The average molecular weight is 434 g/mol. The summed E-state index contributed by atoms with van der Waals surface area (Å²) in [6.07, 6.45) is 0.466. The first kappa shape index (κ1) is 18.0. The smallest absolute Gasteiger partial charge is 0.307 e. The second-order valence-corrected chi connectivity index (χ2v) is 7.41. The minimum absolute atomic E-state index is 0.0956. The summed E-state index contributed by atoms with van der Waals surface area (Å²) in [6.45, 7) is 8.21. The van der Waals surface area contributed by atoms with Crippen molar-refractivity contribution in [2.45, 2.75) is 32.9 Å². The maximum absolute atomic E-state index is 11.9. The molecule has 1 heterocycles. The number of hydrogen-bond acceptors (Lipinski definition) is 5. The van der Waals surface area contributed by atoms with Gasteiger partial charge in [0, 0.05) is 53.4 Å². The lowest BCUT2D eigenvalue weighted by Crippen LogP contribution is -2.51. The summed E-state index contributed by atoms with van der Waals surface area (Å²) < 4.78 is 7.45. The molecule has 1 aliphatic rings. The van der Waals surface area contributed by atoms with Crippen LogP contribution in [0.25, 0.3) is 0 Å². The van der Waals surface area contributed by atoms with Gasteiger partial charge in [0.25, 0.3) is 0 Å². The summed E-state index contributed by atoms with van der Waals surface area (Å²) in [5, 5.41) is 0. The molecular formula is C16H23IN2O2S. The molecule has 0 bridgehead atoms. The largest absolute Gasteiger partial charge is 0.466 e. The van der Waals surface area contributed by atoms with E-state index >= 15 is 0 Å². The zero-order chi connectivity index (χ0) is 15.9. The van der Waals surface area contributed by atoms with Crippen LogP contribution < -0.4 is 0 Å². The third kappa shape index (κ3) is 5.40. The summed E-state index contributed by atoms with van der Waals surface area (Å²) >= 11 is 2.31. The number of benzene rings is 1. The van der Waals surface area contributed by atoms with Gasteiger partial charge in [0.15, 0.2) is 0 Å². The predicted octanol–water partition coefficient (Wildman–Crippen LogP) is 3.43. The van der Waals surface area contributed by atoms with Crippen molar-refractivity contribution >= 4 is 36.3 Å². The molecule has 0 spiro atoms. The first-order valence-electron chi connectivity index (χ1n) is 7.61. The van der Waals surface area contributed by atoms with Gasteiger partial charge in [0.05, 0.1) is 13.0 Å². The van der Waals surface area contributed by atoms with E-state index in [0.29, 0.717) is 13.0 Å². The Labute approximate surface area is 149 Å². The van der Waals surface area contributed by atoms with E-state index in [1.54, 1.807) is 9.12 Å². The van der Waals surface area contributed by atoms with Crippen molar-refractivity contribution in [2.75, 3.05) is 26.2 Å². The van der Waals surface area contributed by atoms with Gasteiger partial charge in [-0.25, -0.2) is 4.31 Å². The third-order valence-corrected chi connectivity index (χ3v) is 6.08. The highest BCUT2D eigenvalue weighted by atomic mass is 127. The topological polar surface area (TPSA) is 32.8 Å². The predicted molar refractivity (Wildman–Crippen MR) is 99.8 cm³/mol. The normalized spacial score (nSPS) is 20.0. The second-order valence-electron chi connectivity index (χ2n) is 5.58. The van der Waals surface area contributed by atoms with E-state index in [1.807, 2.05) is 6.92 Å². The summed E-state index contributed by atoms with van der Waals surface area (Å²) in [7, 11) is 1.72. The number of carbonyl (C=O) groups excluding carboxylic acids is 1. The highest BCUT2D eigenvalue weighted by Crippen LogP contribution is 2.25. The van der Waals surface area contributed by atoms with Crippen molar-refractivity contribution in [1.82, 2.24) is 9.21 Å². The maximum Gasteiger partial charge on any atom is 0.307 e. The molecule has 122 valence electrons. The Balaban J connectivity index is 2.01. The number of aryl methyl sites for hydroxylation is 1. The molecule has 1 aromatic rings. The van der Waals surface area contributed by atoms with Crippen LogP contribution in [0.15, 0.2) is 24.3 Å². The Morgan fingerprint density at radius 1 is 1.36 bits per heavy atom. The number of halogens is 1. The molecule has 0 saturated carbocycles. The molecule has 1 atom stereocenters. The molecule has 0 aliphatic carbocycles. The average Bonchev–Trinajstić information content (AvgIpc) is 2.51. The minimum atomic E-state index is -0.0956. The number of carbonyl (C=O) groups is 1. The van der Waals surface area contributed by atoms with Crippen molar-refractivity contribution in [3.63, 3.8) is 0 Å². The maximum atomic E-state index is 11.9. The molecule has 0 N–H and O–H groups in total. The first-order chi connectivity index (χ1) is 10.6. The van der Waals surface area contributed by atoms with Crippen LogP contribution in [-0.2, 0) is 16.1 Å². The second kappa shape index (κ2) is 9.10. The Kier molecular flexibility index (Phi) is 7.46. The first-order valence-corrected chi connectivity index (χ1v) is 10.9. The van der Waals surface area contributed by atoms with Crippen molar-refractivity contribution in [2.24, 2.45) is 0 Å². The van der Waals surface area contributed by atoms with E-state index in [2.05, 4.69) is 61.6 Å². The lowest BCUT2D eigenvalue weighted by Gasteiger charge is -2.39. The van der Waals surface area contributed by atoms with Crippen molar-refractivity contribution < 1.29 is 9.53 Å². The van der Waals surface area contributed by atoms with Gasteiger partial charge < -0.3 is 4.74 Å². The fourth-order valence-corrected chi connectivity index (χ4v) is 4.12. The number of ether oxygens (including phenoxy) is 1. The molecule has 1 saturated heterocycles. The van der Waals surface area contributed by atoms with Crippen molar-refractivity contribution in [1.29, 1.82) is 0 Å². The van der Waals surface area contributed by atoms with E-state index in [-0.39, 0.29) is 12.0 Å². The molecule has 1 aliphatic heterocycles. The van der Waals surface area contributed by atoms with Crippen molar-refractivity contribution in [3.05, 3.63) is 35.4 Å². The third-order valence-electron chi connectivity index (χ3n) is 3.88. The van der Waals surface area contributed by atoms with Crippen LogP contribution in [-0.4, -0.2) is 47.5 Å². The molecule has 1 unspecified atom stereocenters. The molecule has 0 amide bonds. The molecule has 0 aromatic heterocycles. The van der Waals surface area contributed by atoms with Crippen LogP contribution >= 0.6 is 30.3 Å². The van der Waals surface area contributed by atoms with E-state index in [4.69, 9.17) is 4.74 Å². The molecule has 4 nitrogen and oxygen atoms in total. The van der Waals surface area contributed by atoms with Gasteiger partial charge >= 0.3 is 5.97 Å². The molecule has 1 fully saturated rings. The number of rotatable bonds is 6. The molecule has 2 rings (SSSR count). The van der Waals surface area contributed by atoms with Crippen LogP contribution in [0, 0.1) is 6.92 Å². The van der Waals surface area contributed by atoms with Crippen LogP contribution in [0.4, 0.5) is 0 Å². The van der Waals surface area contributed by atoms with Crippen molar-refractivity contribution in [3.8, 4) is 0 Å². The Hall–Kier alpha value is -0.310. The van der Waals surface area contributed by atoms with Gasteiger partial charge in [-0.05, 0) is 28.5 Å².